The minimum atomic E-state index is 0.00933. The van der Waals surface area contributed by atoms with Crippen molar-refractivity contribution in [1.29, 1.82) is 0 Å². The number of nitrogens with zero attached hydrogens (tertiary/aromatic N) is 1. The van der Waals surface area contributed by atoms with E-state index < -0.39 is 0 Å². The highest BCUT2D eigenvalue weighted by Crippen LogP contribution is 2.19. The van der Waals surface area contributed by atoms with Crippen molar-refractivity contribution in [3.8, 4) is 0 Å². The maximum Gasteiger partial charge on any atom is 0.238 e. The van der Waals surface area contributed by atoms with Gasteiger partial charge < -0.3 is 5.32 Å². The third-order valence-electron chi connectivity index (χ3n) is 2.69. The molecule has 1 N–H and O–H groups in total. The van der Waals surface area contributed by atoms with Gasteiger partial charge in [-0.3, -0.25) is 9.69 Å². The fraction of sp³-hybridized carbons (Fsp3) is 0.400. The van der Waals surface area contributed by atoms with Gasteiger partial charge in [-0.05, 0) is 51.6 Å². The van der Waals surface area contributed by atoms with E-state index >= 15 is 0 Å². The summed E-state index contributed by atoms with van der Waals surface area (Å²) < 4.78 is 1.02. The van der Waals surface area contributed by atoms with Gasteiger partial charge in [-0.25, -0.2) is 0 Å². The molecular weight excluding hydrogens is 304 g/mol. The van der Waals surface area contributed by atoms with Crippen LogP contribution in [0.1, 0.15) is 19.4 Å². The van der Waals surface area contributed by atoms with Gasteiger partial charge in [0.2, 0.25) is 5.91 Å². The molecule has 0 bridgehead atoms. The van der Waals surface area contributed by atoms with Crippen molar-refractivity contribution in [3.05, 3.63) is 39.9 Å². The first-order valence-corrected chi connectivity index (χ1v) is 7.05. The number of allylic oxidation sites excluding steroid dienone is 1. The molecule has 0 aliphatic heterocycles. The van der Waals surface area contributed by atoms with Crippen LogP contribution in [0.15, 0.2) is 34.3 Å². The maximum atomic E-state index is 11.9. The minimum absolute atomic E-state index is 0.00933. The molecule has 0 unspecified atom stereocenters. The quantitative estimate of drug-likeness (QED) is 0.839. The van der Waals surface area contributed by atoms with Crippen LogP contribution < -0.4 is 5.32 Å². The van der Waals surface area contributed by atoms with Gasteiger partial charge in [-0.1, -0.05) is 27.6 Å². The molecule has 1 rings (SSSR count). The van der Waals surface area contributed by atoms with E-state index in [-0.39, 0.29) is 5.91 Å². The molecule has 0 aromatic heterocycles. The van der Waals surface area contributed by atoms with Gasteiger partial charge in [-0.2, -0.15) is 0 Å². The normalized spacial score (nSPS) is 10.4. The second-order valence-corrected chi connectivity index (χ2v) is 5.90. The molecule has 4 heteroatoms. The first kappa shape index (κ1) is 15.9. The second-order valence-electron chi connectivity index (χ2n) is 4.99. The smallest absolute Gasteiger partial charge is 0.238 e. The van der Waals surface area contributed by atoms with Crippen LogP contribution in [0, 0.1) is 6.92 Å². The number of aryl methyl sites for hydroxylation is 1. The number of benzene rings is 1. The summed E-state index contributed by atoms with van der Waals surface area (Å²) in [6.45, 7) is 7.26. The summed E-state index contributed by atoms with van der Waals surface area (Å²) in [6.07, 6.45) is 2.11. The Labute approximate surface area is 123 Å². The molecule has 0 atom stereocenters. The average molecular weight is 325 g/mol. The molecule has 1 aromatic carbocycles. The third kappa shape index (κ3) is 6.03. The zero-order chi connectivity index (χ0) is 14.4. The number of rotatable bonds is 5. The number of anilines is 1. The van der Waals surface area contributed by atoms with Gasteiger partial charge in [0.25, 0.3) is 0 Å². The number of hydrogen-bond donors (Lipinski definition) is 1. The average Bonchev–Trinajstić information content (AvgIpc) is 2.30. The van der Waals surface area contributed by atoms with Crippen LogP contribution in [0.2, 0.25) is 0 Å². The Balaban J connectivity index is 2.53. The summed E-state index contributed by atoms with van der Waals surface area (Å²) in [5.74, 6) is 0.00933. The molecule has 0 radical (unpaired) electrons. The zero-order valence-electron chi connectivity index (χ0n) is 12.0. The lowest BCUT2D eigenvalue weighted by Crippen LogP contribution is -2.30. The molecule has 0 aliphatic rings. The summed E-state index contributed by atoms with van der Waals surface area (Å²) in [6, 6.07) is 5.82. The summed E-state index contributed by atoms with van der Waals surface area (Å²) in [7, 11) is 1.94. The van der Waals surface area contributed by atoms with Crippen LogP contribution in [0.5, 0.6) is 0 Å². The fourth-order valence-electron chi connectivity index (χ4n) is 1.61. The van der Waals surface area contributed by atoms with Gasteiger partial charge in [0, 0.05) is 16.7 Å². The van der Waals surface area contributed by atoms with Gasteiger partial charge >= 0.3 is 0 Å². The predicted octanol–water partition coefficient (Wildman–Crippen LogP) is 3.59. The van der Waals surface area contributed by atoms with Crippen molar-refractivity contribution in [3.63, 3.8) is 0 Å². The van der Waals surface area contributed by atoms with E-state index in [2.05, 4.69) is 41.2 Å². The van der Waals surface area contributed by atoms with Gasteiger partial charge in [0.1, 0.15) is 0 Å². The van der Waals surface area contributed by atoms with Crippen molar-refractivity contribution >= 4 is 27.5 Å². The van der Waals surface area contributed by atoms with Gasteiger partial charge in [-0.15, -0.1) is 0 Å². The van der Waals surface area contributed by atoms with Crippen molar-refractivity contribution in [2.75, 3.05) is 25.5 Å². The van der Waals surface area contributed by atoms with E-state index in [1.54, 1.807) is 0 Å². The summed E-state index contributed by atoms with van der Waals surface area (Å²) in [5, 5.41) is 2.93. The first-order chi connectivity index (χ1) is 8.88. The van der Waals surface area contributed by atoms with Crippen LogP contribution in [-0.4, -0.2) is 30.9 Å². The van der Waals surface area contributed by atoms with Gasteiger partial charge in [0.15, 0.2) is 0 Å². The molecule has 0 fully saturated rings. The van der Waals surface area contributed by atoms with E-state index in [0.717, 1.165) is 22.3 Å². The number of halogens is 1. The molecule has 0 saturated carbocycles. The maximum absolute atomic E-state index is 11.9. The van der Waals surface area contributed by atoms with Crippen LogP contribution >= 0.6 is 15.9 Å². The molecule has 1 aromatic rings. The van der Waals surface area contributed by atoms with Crippen molar-refractivity contribution in [1.82, 2.24) is 4.90 Å². The number of carbonyl (C=O) groups excluding carboxylic acids is 1. The predicted molar refractivity (Wildman–Crippen MR) is 84.4 cm³/mol. The SMILES string of the molecule is CC(C)=CCN(C)CC(=O)Nc1ccc(Br)cc1C. The molecular formula is C15H21BrN2O. The molecule has 0 saturated heterocycles. The Morgan fingerprint density at radius 1 is 1.42 bits per heavy atom. The number of amides is 1. The Hall–Kier alpha value is -1.13. The fourth-order valence-corrected chi connectivity index (χ4v) is 2.08. The molecule has 1 amide bonds. The molecule has 0 heterocycles. The molecule has 0 aliphatic carbocycles. The van der Waals surface area contributed by atoms with Crippen molar-refractivity contribution in [2.45, 2.75) is 20.8 Å². The third-order valence-corrected chi connectivity index (χ3v) is 3.18. The van der Waals surface area contributed by atoms with Crippen molar-refractivity contribution in [2.24, 2.45) is 0 Å². The highest BCUT2D eigenvalue weighted by Gasteiger charge is 2.07. The summed E-state index contributed by atoms with van der Waals surface area (Å²) in [4.78, 5) is 13.9. The molecule has 104 valence electrons. The van der Waals surface area contributed by atoms with E-state index in [1.807, 2.05) is 37.1 Å². The Kier molecular flexibility index (Phi) is 6.25. The van der Waals surface area contributed by atoms with Crippen LogP contribution in [0.25, 0.3) is 0 Å². The van der Waals surface area contributed by atoms with E-state index in [9.17, 15) is 4.79 Å². The molecule has 19 heavy (non-hydrogen) atoms. The first-order valence-electron chi connectivity index (χ1n) is 6.26. The molecule has 0 spiro atoms. The minimum Gasteiger partial charge on any atom is -0.325 e. The summed E-state index contributed by atoms with van der Waals surface area (Å²) >= 11 is 3.41. The van der Waals surface area contributed by atoms with E-state index in [0.29, 0.717) is 6.54 Å². The summed E-state index contributed by atoms with van der Waals surface area (Å²) in [5.41, 5.74) is 3.18. The number of carbonyl (C=O) groups is 1. The monoisotopic (exact) mass is 324 g/mol. The highest BCUT2D eigenvalue weighted by atomic mass is 79.9. The zero-order valence-corrected chi connectivity index (χ0v) is 13.5. The highest BCUT2D eigenvalue weighted by molar-refractivity contribution is 9.10. The van der Waals surface area contributed by atoms with E-state index in [4.69, 9.17) is 0 Å². The van der Waals surface area contributed by atoms with Crippen LogP contribution in [-0.2, 0) is 4.79 Å². The number of nitrogens with one attached hydrogen (secondary N) is 1. The Morgan fingerprint density at radius 2 is 2.11 bits per heavy atom. The lowest BCUT2D eigenvalue weighted by molar-refractivity contribution is -0.116. The lowest BCUT2D eigenvalue weighted by Gasteiger charge is -2.15. The Bertz CT molecular complexity index is 479. The van der Waals surface area contributed by atoms with E-state index in [1.165, 1.54) is 5.57 Å². The number of hydrogen-bond acceptors (Lipinski definition) is 2. The topological polar surface area (TPSA) is 32.3 Å². The standard InChI is InChI=1S/C15H21BrN2O/c1-11(2)7-8-18(4)10-15(19)17-14-6-5-13(16)9-12(14)3/h5-7,9H,8,10H2,1-4H3,(H,17,19). The second kappa shape index (κ2) is 7.46. The lowest BCUT2D eigenvalue weighted by atomic mass is 10.2. The van der Waals surface area contributed by atoms with Crippen molar-refractivity contribution < 1.29 is 4.79 Å². The van der Waals surface area contributed by atoms with Gasteiger partial charge in [0.05, 0.1) is 6.54 Å². The van der Waals surface area contributed by atoms with Crippen LogP contribution in [0.4, 0.5) is 5.69 Å². The Morgan fingerprint density at radius 3 is 2.68 bits per heavy atom. The number of likely N-dealkylation sites (N-methyl/N-ethyl adjacent to an activating group) is 1. The molecule has 3 nitrogen and oxygen atoms in total. The van der Waals surface area contributed by atoms with Crippen LogP contribution in [0.3, 0.4) is 0 Å². The largest absolute Gasteiger partial charge is 0.325 e.